The van der Waals surface area contributed by atoms with Crippen molar-refractivity contribution in [1.82, 2.24) is 0 Å². The number of hydrogen-bond acceptors (Lipinski definition) is 2. The highest BCUT2D eigenvalue weighted by Crippen LogP contribution is 2.29. The average Bonchev–Trinajstić information content (AvgIpc) is 2.54. The number of ether oxygens (including phenoxy) is 2. The maximum absolute atomic E-state index is 5.53. The van der Waals surface area contributed by atoms with E-state index in [0.29, 0.717) is 19.0 Å². The lowest BCUT2D eigenvalue weighted by atomic mass is 9.97. The molecule has 0 amide bonds. The number of hydrogen-bond donors (Lipinski definition) is 0. The van der Waals surface area contributed by atoms with Crippen LogP contribution in [-0.4, -0.2) is 13.2 Å². The Labute approximate surface area is 132 Å². The van der Waals surface area contributed by atoms with Gasteiger partial charge in [-0.05, 0) is 41.8 Å². The van der Waals surface area contributed by atoms with Gasteiger partial charge in [0.25, 0.3) is 0 Å². The minimum Gasteiger partial charge on any atom is -0.501 e. The molecule has 22 heavy (non-hydrogen) atoms. The third-order valence-corrected chi connectivity index (χ3v) is 3.41. The van der Waals surface area contributed by atoms with E-state index >= 15 is 0 Å². The second-order valence-corrected chi connectivity index (χ2v) is 4.88. The van der Waals surface area contributed by atoms with Gasteiger partial charge in [-0.25, -0.2) is 0 Å². The van der Waals surface area contributed by atoms with Gasteiger partial charge < -0.3 is 9.47 Å². The van der Waals surface area contributed by atoms with Crippen LogP contribution < -0.4 is 0 Å². The molecule has 2 aromatic rings. The minimum atomic E-state index is 0.563. The summed E-state index contributed by atoms with van der Waals surface area (Å²) in [6.07, 6.45) is 1.68. The van der Waals surface area contributed by atoms with Crippen LogP contribution in [0, 0.1) is 0 Å². The van der Waals surface area contributed by atoms with Crippen LogP contribution in [0.1, 0.15) is 19.4 Å². The molecule has 2 heteroatoms. The molecule has 0 atom stereocenters. The molecule has 0 N–H and O–H groups in total. The summed E-state index contributed by atoms with van der Waals surface area (Å²) >= 11 is 0. The molecule has 0 unspecified atom stereocenters. The highest BCUT2D eigenvalue weighted by molar-refractivity contribution is 5.89. The van der Waals surface area contributed by atoms with Gasteiger partial charge in [-0.1, -0.05) is 49.6 Å². The summed E-state index contributed by atoms with van der Waals surface area (Å²) < 4.78 is 11.0. The first kappa shape index (κ1) is 15.9. The molecule has 2 rings (SSSR count). The first-order chi connectivity index (χ1) is 10.7. The maximum Gasteiger partial charge on any atom is 0.123 e. The minimum absolute atomic E-state index is 0.563. The van der Waals surface area contributed by atoms with Crippen LogP contribution >= 0.6 is 0 Å². The molecule has 0 radical (unpaired) electrons. The van der Waals surface area contributed by atoms with E-state index in [1.54, 1.807) is 6.26 Å². The van der Waals surface area contributed by atoms with Crippen molar-refractivity contribution in [2.45, 2.75) is 13.8 Å². The van der Waals surface area contributed by atoms with Crippen molar-refractivity contribution < 1.29 is 9.47 Å². The van der Waals surface area contributed by atoms with Crippen molar-refractivity contribution in [3.8, 4) is 0 Å². The lowest BCUT2D eigenvalue weighted by molar-refractivity contribution is 0.231. The largest absolute Gasteiger partial charge is 0.501 e. The van der Waals surface area contributed by atoms with Crippen LogP contribution in [0.5, 0.6) is 0 Å². The summed E-state index contributed by atoms with van der Waals surface area (Å²) in [5.41, 5.74) is 2.67. The van der Waals surface area contributed by atoms with E-state index in [-0.39, 0.29) is 0 Å². The normalized spacial score (nSPS) is 11.3. The number of benzene rings is 2. The molecular weight excluding hydrogens is 272 g/mol. The van der Waals surface area contributed by atoms with Gasteiger partial charge in [-0.2, -0.15) is 0 Å². The van der Waals surface area contributed by atoms with Crippen molar-refractivity contribution in [2.24, 2.45) is 0 Å². The first-order valence-corrected chi connectivity index (χ1v) is 7.49. The van der Waals surface area contributed by atoms with Crippen LogP contribution in [0.15, 0.2) is 73.2 Å². The summed E-state index contributed by atoms with van der Waals surface area (Å²) in [6, 6.07) is 14.5. The second-order valence-electron chi connectivity index (χ2n) is 4.88. The number of allylic oxidation sites excluding steroid dienone is 1. The van der Waals surface area contributed by atoms with Crippen molar-refractivity contribution >= 4 is 16.3 Å². The zero-order chi connectivity index (χ0) is 15.9. The quantitative estimate of drug-likeness (QED) is 0.508. The van der Waals surface area contributed by atoms with Crippen LogP contribution in [-0.2, 0) is 9.47 Å². The molecule has 0 heterocycles. The molecule has 2 nitrogen and oxygen atoms in total. The van der Waals surface area contributed by atoms with E-state index < -0.39 is 0 Å². The second kappa shape index (κ2) is 7.51. The average molecular weight is 294 g/mol. The Hall–Kier alpha value is -2.48. The lowest BCUT2D eigenvalue weighted by Gasteiger charge is -2.15. The summed E-state index contributed by atoms with van der Waals surface area (Å²) in [5.74, 6) is 0.578. The zero-order valence-corrected chi connectivity index (χ0v) is 13.3. The van der Waals surface area contributed by atoms with E-state index in [1.807, 2.05) is 26.0 Å². The summed E-state index contributed by atoms with van der Waals surface area (Å²) in [5, 5.41) is 2.39. The van der Waals surface area contributed by atoms with Crippen molar-refractivity contribution in [2.75, 3.05) is 13.2 Å². The van der Waals surface area contributed by atoms with E-state index in [0.717, 1.165) is 16.7 Å². The Morgan fingerprint density at radius 3 is 2.41 bits per heavy atom. The lowest BCUT2D eigenvalue weighted by Crippen LogP contribution is -1.99. The first-order valence-electron chi connectivity index (χ1n) is 7.49. The van der Waals surface area contributed by atoms with E-state index in [1.165, 1.54) is 10.8 Å². The molecule has 0 fully saturated rings. The molecule has 0 aliphatic rings. The van der Waals surface area contributed by atoms with Crippen LogP contribution in [0.4, 0.5) is 0 Å². The van der Waals surface area contributed by atoms with Crippen molar-refractivity contribution in [1.29, 1.82) is 0 Å². The highest BCUT2D eigenvalue weighted by atomic mass is 16.5. The van der Waals surface area contributed by atoms with Gasteiger partial charge in [0.15, 0.2) is 0 Å². The zero-order valence-electron chi connectivity index (χ0n) is 13.3. The predicted molar refractivity (Wildman–Crippen MR) is 93.5 cm³/mol. The Morgan fingerprint density at radius 1 is 1.00 bits per heavy atom. The molecular formula is C20H22O2. The van der Waals surface area contributed by atoms with Gasteiger partial charge in [-0.15, -0.1) is 0 Å². The molecule has 0 spiro atoms. The maximum atomic E-state index is 5.53. The third-order valence-electron chi connectivity index (χ3n) is 3.41. The van der Waals surface area contributed by atoms with Gasteiger partial charge in [0, 0.05) is 0 Å². The Balaban J connectivity index is 2.37. The Morgan fingerprint density at radius 2 is 1.73 bits per heavy atom. The predicted octanol–water partition coefficient (Wildman–Crippen LogP) is 5.32. The van der Waals surface area contributed by atoms with Crippen LogP contribution in [0.25, 0.3) is 16.3 Å². The molecule has 0 aliphatic heterocycles. The van der Waals surface area contributed by atoms with E-state index in [9.17, 15) is 0 Å². The Kier molecular flexibility index (Phi) is 5.42. The standard InChI is InChI=1S/C20H22O2/c1-5-21-14-20(16(4)22-6-2)15(3)18-12-11-17-9-7-8-10-19(17)13-18/h7-14H,3-6H2,1-2H3/b20-14-. The topological polar surface area (TPSA) is 18.5 Å². The molecule has 0 aliphatic carbocycles. The Bertz CT molecular complexity index is 710. The van der Waals surface area contributed by atoms with Gasteiger partial charge >= 0.3 is 0 Å². The summed E-state index contributed by atoms with van der Waals surface area (Å²) in [6.45, 7) is 13.2. The summed E-state index contributed by atoms with van der Waals surface area (Å²) in [7, 11) is 0. The molecule has 0 aromatic heterocycles. The SMILES string of the molecule is C=C(OCC)/C(=C\OCC)C(=C)c1ccc2ccccc2c1. The molecule has 0 saturated carbocycles. The van der Waals surface area contributed by atoms with Crippen molar-refractivity contribution in [3.63, 3.8) is 0 Å². The summed E-state index contributed by atoms with van der Waals surface area (Å²) in [4.78, 5) is 0. The molecule has 2 aromatic carbocycles. The fourth-order valence-electron chi connectivity index (χ4n) is 2.26. The molecule has 0 bridgehead atoms. The van der Waals surface area contributed by atoms with E-state index in [2.05, 4.69) is 43.5 Å². The molecule has 0 saturated heterocycles. The fraction of sp³-hybridized carbons (Fsp3) is 0.200. The van der Waals surface area contributed by atoms with E-state index in [4.69, 9.17) is 9.47 Å². The van der Waals surface area contributed by atoms with Crippen LogP contribution in [0.3, 0.4) is 0 Å². The highest BCUT2D eigenvalue weighted by Gasteiger charge is 2.12. The van der Waals surface area contributed by atoms with Crippen molar-refractivity contribution in [3.05, 3.63) is 78.8 Å². The van der Waals surface area contributed by atoms with Gasteiger partial charge in [0.1, 0.15) is 5.76 Å². The van der Waals surface area contributed by atoms with Gasteiger partial charge in [-0.3, -0.25) is 0 Å². The van der Waals surface area contributed by atoms with Crippen LogP contribution in [0.2, 0.25) is 0 Å². The number of rotatable bonds is 7. The van der Waals surface area contributed by atoms with Gasteiger partial charge in [0.2, 0.25) is 0 Å². The monoisotopic (exact) mass is 294 g/mol. The fourth-order valence-corrected chi connectivity index (χ4v) is 2.26. The van der Waals surface area contributed by atoms with Gasteiger partial charge in [0.05, 0.1) is 25.0 Å². The third kappa shape index (κ3) is 3.59. The number of fused-ring (bicyclic) bond motifs is 1. The smallest absolute Gasteiger partial charge is 0.123 e. The molecule has 114 valence electrons.